The van der Waals surface area contributed by atoms with E-state index in [1.807, 2.05) is 18.2 Å². The Morgan fingerprint density at radius 2 is 2.00 bits per heavy atom. The van der Waals surface area contributed by atoms with E-state index in [1.165, 1.54) is 0 Å². The van der Waals surface area contributed by atoms with Gasteiger partial charge in [0, 0.05) is 0 Å². The first-order chi connectivity index (χ1) is 9.00. The Morgan fingerprint density at radius 3 is 2.63 bits per heavy atom. The Kier molecular flexibility index (Phi) is 3.85. The number of benzene rings is 1. The Balaban J connectivity index is 2.11. The largest absolute Gasteiger partial charge is 0.485 e. The monoisotopic (exact) mass is 261 g/mol. The van der Waals surface area contributed by atoms with Gasteiger partial charge in [0.15, 0.2) is 6.61 Å². The SMILES string of the molecule is CC(C)(C)c1ccccc1OCc1noc(CN)n1. The van der Waals surface area contributed by atoms with Crippen LogP contribution in [0.4, 0.5) is 0 Å². The summed E-state index contributed by atoms with van der Waals surface area (Å²) in [5, 5.41) is 3.80. The molecule has 19 heavy (non-hydrogen) atoms. The molecule has 0 aliphatic carbocycles. The molecule has 5 heteroatoms. The zero-order chi connectivity index (χ0) is 13.9. The number of aromatic nitrogens is 2. The summed E-state index contributed by atoms with van der Waals surface area (Å²) in [5.41, 5.74) is 6.59. The van der Waals surface area contributed by atoms with Gasteiger partial charge in [-0.15, -0.1) is 0 Å². The van der Waals surface area contributed by atoms with Crippen molar-refractivity contribution >= 4 is 0 Å². The second-order valence-corrected chi connectivity index (χ2v) is 5.34. The van der Waals surface area contributed by atoms with E-state index in [9.17, 15) is 0 Å². The van der Waals surface area contributed by atoms with Gasteiger partial charge in [-0.25, -0.2) is 0 Å². The third-order valence-corrected chi connectivity index (χ3v) is 2.74. The molecule has 2 rings (SSSR count). The summed E-state index contributed by atoms with van der Waals surface area (Å²) in [5.74, 6) is 1.76. The van der Waals surface area contributed by atoms with Crippen LogP contribution in [0, 0.1) is 0 Å². The average Bonchev–Trinajstić information content (AvgIpc) is 2.83. The van der Waals surface area contributed by atoms with Gasteiger partial charge < -0.3 is 15.0 Å². The highest BCUT2D eigenvalue weighted by molar-refractivity contribution is 5.38. The highest BCUT2D eigenvalue weighted by Crippen LogP contribution is 2.31. The number of hydrogen-bond acceptors (Lipinski definition) is 5. The Morgan fingerprint density at radius 1 is 1.26 bits per heavy atom. The van der Waals surface area contributed by atoms with Crippen molar-refractivity contribution in [2.75, 3.05) is 0 Å². The molecule has 0 fully saturated rings. The normalized spacial score (nSPS) is 11.6. The van der Waals surface area contributed by atoms with Crippen molar-refractivity contribution in [2.24, 2.45) is 5.73 Å². The predicted molar refractivity (Wildman–Crippen MR) is 71.7 cm³/mol. The van der Waals surface area contributed by atoms with Crippen molar-refractivity contribution in [3.63, 3.8) is 0 Å². The molecule has 0 spiro atoms. The summed E-state index contributed by atoms with van der Waals surface area (Å²) < 4.78 is 10.7. The molecule has 1 aromatic heterocycles. The fourth-order valence-corrected chi connectivity index (χ4v) is 1.79. The van der Waals surface area contributed by atoms with E-state index in [-0.39, 0.29) is 18.6 Å². The standard InChI is InChI=1S/C14H19N3O2/c1-14(2,3)10-6-4-5-7-11(10)18-9-12-16-13(8-15)19-17-12/h4-7H,8-9,15H2,1-3H3. The molecular formula is C14H19N3O2. The van der Waals surface area contributed by atoms with Crippen LogP contribution >= 0.6 is 0 Å². The lowest BCUT2D eigenvalue weighted by atomic mass is 9.86. The molecule has 5 nitrogen and oxygen atoms in total. The van der Waals surface area contributed by atoms with E-state index in [1.54, 1.807) is 0 Å². The highest BCUT2D eigenvalue weighted by Gasteiger charge is 2.18. The third kappa shape index (κ3) is 3.32. The van der Waals surface area contributed by atoms with Gasteiger partial charge in [0.2, 0.25) is 11.7 Å². The molecule has 0 unspecified atom stereocenters. The first-order valence-electron chi connectivity index (χ1n) is 6.24. The lowest BCUT2D eigenvalue weighted by Gasteiger charge is -2.22. The average molecular weight is 261 g/mol. The van der Waals surface area contributed by atoms with E-state index in [0.717, 1.165) is 11.3 Å². The highest BCUT2D eigenvalue weighted by atomic mass is 16.5. The summed E-state index contributed by atoms with van der Waals surface area (Å²) in [4.78, 5) is 4.11. The lowest BCUT2D eigenvalue weighted by molar-refractivity contribution is 0.278. The first kappa shape index (κ1) is 13.5. The molecule has 0 radical (unpaired) electrons. The second-order valence-electron chi connectivity index (χ2n) is 5.34. The molecule has 0 aliphatic rings. The van der Waals surface area contributed by atoms with E-state index < -0.39 is 0 Å². The summed E-state index contributed by atoms with van der Waals surface area (Å²) >= 11 is 0. The number of nitrogens with two attached hydrogens (primary N) is 1. The van der Waals surface area contributed by atoms with Crippen molar-refractivity contribution in [1.29, 1.82) is 0 Å². The molecule has 2 aromatic rings. The van der Waals surface area contributed by atoms with Crippen LogP contribution < -0.4 is 10.5 Å². The molecule has 2 N–H and O–H groups in total. The maximum Gasteiger partial charge on any atom is 0.240 e. The van der Waals surface area contributed by atoms with Crippen LogP contribution in [-0.2, 0) is 18.6 Å². The lowest BCUT2D eigenvalue weighted by Crippen LogP contribution is -2.13. The second kappa shape index (κ2) is 5.40. The molecule has 1 aromatic carbocycles. The van der Waals surface area contributed by atoms with Gasteiger partial charge >= 0.3 is 0 Å². The topological polar surface area (TPSA) is 74.2 Å². The van der Waals surface area contributed by atoms with E-state index in [2.05, 4.69) is 37.0 Å². The van der Waals surface area contributed by atoms with Crippen LogP contribution in [0.1, 0.15) is 38.0 Å². The Hall–Kier alpha value is -1.88. The first-order valence-corrected chi connectivity index (χ1v) is 6.24. The minimum absolute atomic E-state index is 0.0241. The van der Waals surface area contributed by atoms with Gasteiger partial charge in [-0.3, -0.25) is 0 Å². The molecule has 102 valence electrons. The van der Waals surface area contributed by atoms with Crippen molar-refractivity contribution in [1.82, 2.24) is 10.1 Å². The van der Waals surface area contributed by atoms with Gasteiger partial charge in [-0.1, -0.05) is 44.1 Å². The summed E-state index contributed by atoms with van der Waals surface area (Å²) in [6, 6.07) is 7.97. The third-order valence-electron chi connectivity index (χ3n) is 2.74. The number of para-hydroxylation sites is 1. The van der Waals surface area contributed by atoms with Crippen molar-refractivity contribution in [3.8, 4) is 5.75 Å². The maximum atomic E-state index is 5.78. The number of rotatable bonds is 4. The summed E-state index contributed by atoms with van der Waals surface area (Å²) in [7, 11) is 0. The fourth-order valence-electron chi connectivity index (χ4n) is 1.79. The Bertz CT molecular complexity index is 544. The smallest absolute Gasteiger partial charge is 0.240 e. The van der Waals surface area contributed by atoms with Crippen LogP contribution in [0.25, 0.3) is 0 Å². The van der Waals surface area contributed by atoms with Crippen molar-refractivity contribution in [2.45, 2.75) is 39.3 Å². The molecule has 0 saturated heterocycles. The van der Waals surface area contributed by atoms with Crippen molar-refractivity contribution in [3.05, 3.63) is 41.5 Å². The predicted octanol–water partition coefficient (Wildman–Crippen LogP) is 2.40. The molecule has 0 aliphatic heterocycles. The van der Waals surface area contributed by atoms with E-state index >= 15 is 0 Å². The van der Waals surface area contributed by atoms with E-state index in [4.69, 9.17) is 15.0 Å². The molecular weight excluding hydrogens is 242 g/mol. The van der Waals surface area contributed by atoms with Gasteiger partial charge in [-0.05, 0) is 17.0 Å². The molecule has 1 heterocycles. The van der Waals surface area contributed by atoms with Gasteiger partial charge in [-0.2, -0.15) is 4.98 Å². The fraction of sp³-hybridized carbons (Fsp3) is 0.429. The maximum absolute atomic E-state index is 5.78. The molecule has 0 amide bonds. The van der Waals surface area contributed by atoms with Crippen LogP contribution in [0.3, 0.4) is 0 Å². The minimum atomic E-state index is 0.0241. The Labute approximate surface area is 112 Å². The van der Waals surface area contributed by atoms with Gasteiger partial charge in [0.05, 0.1) is 6.54 Å². The molecule has 0 saturated carbocycles. The van der Waals surface area contributed by atoms with Crippen LogP contribution in [0.15, 0.2) is 28.8 Å². The zero-order valence-electron chi connectivity index (χ0n) is 11.5. The molecule has 0 bridgehead atoms. The number of hydrogen-bond donors (Lipinski definition) is 1. The van der Waals surface area contributed by atoms with Gasteiger partial charge in [0.25, 0.3) is 0 Å². The summed E-state index contributed by atoms with van der Waals surface area (Å²) in [6.07, 6.45) is 0. The van der Waals surface area contributed by atoms with Crippen LogP contribution in [-0.4, -0.2) is 10.1 Å². The zero-order valence-corrected chi connectivity index (χ0v) is 11.5. The van der Waals surface area contributed by atoms with Crippen LogP contribution in [0.2, 0.25) is 0 Å². The summed E-state index contributed by atoms with van der Waals surface area (Å²) in [6.45, 7) is 6.96. The number of nitrogens with zero attached hydrogens (tertiary/aromatic N) is 2. The molecule has 0 atom stereocenters. The van der Waals surface area contributed by atoms with Crippen LogP contribution in [0.5, 0.6) is 5.75 Å². The van der Waals surface area contributed by atoms with Gasteiger partial charge in [0.1, 0.15) is 5.75 Å². The minimum Gasteiger partial charge on any atom is -0.485 e. The van der Waals surface area contributed by atoms with Crippen molar-refractivity contribution < 1.29 is 9.26 Å². The number of ether oxygens (including phenoxy) is 1. The van der Waals surface area contributed by atoms with E-state index in [0.29, 0.717) is 11.7 Å². The quantitative estimate of drug-likeness (QED) is 0.914.